The van der Waals surface area contributed by atoms with Crippen LogP contribution in [0.2, 0.25) is 0 Å². The molecular formula is C22H28N2O2. The van der Waals surface area contributed by atoms with E-state index in [2.05, 4.69) is 36.2 Å². The van der Waals surface area contributed by atoms with Crippen molar-refractivity contribution in [3.8, 4) is 0 Å². The van der Waals surface area contributed by atoms with Crippen molar-refractivity contribution >= 4 is 11.6 Å². The molecule has 0 aromatic heterocycles. The molecule has 0 unspecified atom stereocenters. The third-order valence-electron chi connectivity index (χ3n) is 4.58. The molecule has 1 amide bonds. The molecule has 1 heterocycles. The molecule has 1 fully saturated rings. The standard InChI is InChI=1S/C22H28N2O2/c1-17(2)15-18-3-7-20(8-4-18)22(25)23-21-9-5-19(6-10-21)16-24-11-13-26-14-12-24/h3-10,17H,11-16H2,1-2H3,(H,23,25). The summed E-state index contributed by atoms with van der Waals surface area (Å²) in [7, 11) is 0. The molecule has 1 saturated heterocycles. The third-order valence-corrected chi connectivity index (χ3v) is 4.58. The highest BCUT2D eigenvalue weighted by atomic mass is 16.5. The first-order valence-corrected chi connectivity index (χ1v) is 9.39. The quantitative estimate of drug-likeness (QED) is 0.855. The summed E-state index contributed by atoms with van der Waals surface area (Å²) in [6.45, 7) is 8.90. The van der Waals surface area contributed by atoms with Crippen molar-refractivity contribution in [2.45, 2.75) is 26.8 Å². The van der Waals surface area contributed by atoms with Crippen LogP contribution in [0.3, 0.4) is 0 Å². The first-order chi connectivity index (χ1) is 12.6. The minimum absolute atomic E-state index is 0.0676. The molecule has 0 saturated carbocycles. The lowest BCUT2D eigenvalue weighted by molar-refractivity contribution is 0.0342. The van der Waals surface area contributed by atoms with Gasteiger partial charge in [-0.25, -0.2) is 0 Å². The number of anilines is 1. The van der Waals surface area contributed by atoms with Crippen molar-refractivity contribution in [3.63, 3.8) is 0 Å². The second-order valence-electron chi connectivity index (χ2n) is 7.33. The van der Waals surface area contributed by atoms with Crippen LogP contribution < -0.4 is 5.32 Å². The monoisotopic (exact) mass is 352 g/mol. The maximum Gasteiger partial charge on any atom is 0.255 e. The fourth-order valence-electron chi connectivity index (χ4n) is 3.18. The zero-order valence-corrected chi connectivity index (χ0v) is 15.7. The zero-order chi connectivity index (χ0) is 18.4. The largest absolute Gasteiger partial charge is 0.379 e. The van der Waals surface area contributed by atoms with Gasteiger partial charge in [-0.1, -0.05) is 38.1 Å². The number of morpholine rings is 1. The molecule has 2 aromatic carbocycles. The van der Waals surface area contributed by atoms with Crippen molar-refractivity contribution < 1.29 is 9.53 Å². The van der Waals surface area contributed by atoms with Crippen LogP contribution in [-0.4, -0.2) is 37.1 Å². The number of hydrogen-bond acceptors (Lipinski definition) is 3. The van der Waals surface area contributed by atoms with Crippen molar-refractivity contribution in [3.05, 3.63) is 65.2 Å². The first kappa shape index (κ1) is 18.6. The minimum Gasteiger partial charge on any atom is -0.379 e. The van der Waals surface area contributed by atoms with Gasteiger partial charge in [0.05, 0.1) is 13.2 Å². The molecule has 0 radical (unpaired) electrons. The van der Waals surface area contributed by atoms with Crippen LogP contribution in [0.4, 0.5) is 5.69 Å². The molecule has 1 N–H and O–H groups in total. The lowest BCUT2D eigenvalue weighted by atomic mass is 10.0. The van der Waals surface area contributed by atoms with Gasteiger partial charge in [-0.2, -0.15) is 0 Å². The van der Waals surface area contributed by atoms with Gasteiger partial charge >= 0.3 is 0 Å². The van der Waals surface area contributed by atoms with Crippen molar-refractivity contribution in [2.24, 2.45) is 5.92 Å². The van der Waals surface area contributed by atoms with E-state index in [-0.39, 0.29) is 5.91 Å². The number of nitrogens with zero attached hydrogens (tertiary/aromatic N) is 1. The molecule has 26 heavy (non-hydrogen) atoms. The SMILES string of the molecule is CC(C)Cc1ccc(C(=O)Nc2ccc(CN3CCOCC3)cc2)cc1. The van der Waals surface area contributed by atoms with Gasteiger partial charge in [0.15, 0.2) is 0 Å². The van der Waals surface area contributed by atoms with Crippen molar-refractivity contribution in [2.75, 3.05) is 31.6 Å². The van der Waals surface area contributed by atoms with E-state index in [4.69, 9.17) is 4.74 Å². The van der Waals surface area contributed by atoms with Gasteiger partial charge in [0.2, 0.25) is 0 Å². The van der Waals surface area contributed by atoms with E-state index in [1.165, 1.54) is 11.1 Å². The summed E-state index contributed by atoms with van der Waals surface area (Å²) in [5, 5.41) is 2.98. The van der Waals surface area contributed by atoms with Crippen LogP contribution >= 0.6 is 0 Å². The highest BCUT2D eigenvalue weighted by Gasteiger charge is 2.11. The summed E-state index contributed by atoms with van der Waals surface area (Å²) >= 11 is 0. The number of rotatable bonds is 6. The van der Waals surface area contributed by atoms with E-state index in [9.17, 15) is 4.79 Å². The Balaban J connectivity index is 1.55. The van der Waals surface area contributed by atoms with E-state index in [1.54, 1.807) is 0 Å². The number of amides is 1. The smallest absolute Gasteiger partial charge is 0.255 e. The predicted octanol–water partition coefficient (Wildman–Crippen LogP) is 3.97. The van der Waals surface area contributed by atoms with Gasteiger partial charge in [-0.05, 0) is 47.7 Å². The van der Waals surface area contributed by atoms with Gasteiger partial charge in [-0.15, -0.1) is 0 Å². The second-order valence-corrected chi connectivity index (χ2v) is 7.33. The molecule has 1 aliphatic heterocycles. The average molecular weight is 352 g/mol. The lowest BCUT2D eigenvalue weighted by Gasteiger charge is -2.26. The molecule has 4 nitrogen and oxygen atoms in total. The van der Waals surface area contributed by atoms with E-state index >= 15 is 0 Å². The summed E-state index contributed by atoms with van der Waals surface area (Å²) in [6, 6.07) is 16.0. The molecule has 0 aliphatic carbocycles. The second kappa shape index (κ2) is 8.97. The van der Waals surface area contributed by atoms with Crippen molar-refractivity contribution in [1.82, 2.24) is 4.90 Å². The number of hydrogen-bond donors (Lipinski definition) is 1. The Morgan fingerprint density at radius 1 is 1.00 bits per heavy atom. The highest BCUT2D eigenvalue weighted by molar-refractivity contribution is 6.04. The van der Waals surface area contributed by atoms with Crippen LogP contribution in [0, 0.1) is 5.92 Å². The van der Waals surface area contributed by atoms with Crippen LogP contribution in [0.25, 0.3) is 0 Å². The normalized spacial score (nSPS) is 15.2. The lowest BCUT2D eigenvalue weighted by Crippen LogP contribution is -2.35. The molecule has 0 spiro atoms. The fraction of sp³-hybridized carbons (Fsp3) is 0.409. The molecule has 1 aliphatic rings. The van der Waals surface area contributed by atoms with E-state index in [0.29, 0.717) is 11.5 Å². The van der Waals surface area contributed by atoms with Gasteiger partial charge in [-0.3, -0.25) is 9.69 Å². The van der Waals surface area contributed by atoms with Gasteiger partial charge in [0, 0.05) is 30.9 Å². The molecule has 138 valence electrons. The number of carbonyl (C=O) groups is 1. The Kier molecular flexibility index (Phi) is 6.42. The maximum absolute atomic E-state index is 12.4. The molecule has 3 rings (SSSR count). The predicted molar refractivity (Wildman–Crippen MR) is 105 cm³/mol. The molecular weight excluding hydrogens is 324 g/mol. The van der Waals surface area contributed by atoms with Crippen LogP contribution in [0.1, 0.15) is 35.3 Å². The molecule has 0 bridgehead atoms. The first-order valence-electron chi connectivity index (χ1n) is 9.39. The van der Waals surface area contributed by atoms with Crippen molar-refractivity contribution in [1.29, 1.82) is 0 Å². The average Bonchev–Trinajstić information content (AvgIpc) is 2.64. The number of carbonyl (C=O) groups excluding carboxylic acids is 1. The summed E-state index contributed by atoms with van der Waals surface area (Å²) < 4.78 is 5.38. The van der Waals surface area contributed by atoms with Gasteiger partial charge in [0.1, 0.15) is 0 Å². The number of ether oxygens (including phenoxy) is 1. The Morgan fingerprint density at radius 2 is 1.62 bits per heavy atom. The minimum atomic E-state index is -0.0676. The zero-order valence-electron chi connectivity index (χ0n) is 15.7. The summed E-state index contributed by atoms with van der Waals surface area (Å²) in [5.74, 6) is 0.549. The Labute approximate surface area is 156 Å². The number of nitrogens with one attached hydrogen (secondary N) is 1. The fourth-order valence-corrected chi connectivity index (χ4v) is 3.18. The van der Waals surface area contributed by atoms with E-state index in [1.807, 2.05) is 36.4 Å². The summed E-state index contributed by atoms with van der Waals surface area (Å²) in [5.41, 5.74) is 4.04. The van der Waals surface area contributed by atoms with E-state index < -0.39 is 0 Å². The molecule has 4 heteroatoms. The maximum atomic E-state index is 12.4. The van der Waals surface area contributed by atoms with E-state index in [0.717, 1.165) is 45.0 Å². The topological polar surface area (TPSA) is 41.6 Å². The highest BCUT2D eigenvalue weighted by Crippen LogP contribution is 2.15. The van der Waals surface area contributed by atoms with Crippen LogP contribution in [0.5, 0.6) is 0 Å². The third kappa shape index (κ3) is 5.41. The van der Waals surface area contributed by atoms with Gasteiger partial charge in [0.25, 0.3) is 5.91 Å². The van der Waals surface area contributed by atoms with Crippen LogP contribution in [0.15, 0.2) is 48.5 Å². The molecule has 0 atom stereocenters. The summed E-state index contributed by atoms with van der Waals surface area (Å²) in [4.78, 5) is 14.8. The Hall–Kier alpha value is -2.17. The summed E-state index contributed by atoms with van der Waals surface area (Å²) in [6.07, 6.45) is 1.03. The number of benzene rings is 2. The Morgan fingerprint density at radius 3 is 2.23 bits per heavy atom. The molecule has 2 aromatic rings. The Bertz CT molecular complexity index is 702. The van der Waals surface area contributed by atoms with Crippen LogP contribution in [-0.2, 0) is 17.7 Å². The van der Waals surface area contributed by atoms with Gasteiger partial charge < -0.3 is 10.1 Å².